The molecule has 1 aromatic carbocycles. The number of anilines is 1. The van der Waals surface area contributed by atoms with Crippen LogP contribution in [0.15, 0.2) is 18.2 Å². The second kappa shape index (κ2) is 5.39. The topological polar surface area (TPSA) is 61.4 Å². The predicted octanol–water partition coefficient (Wildman–Crippen LogP) is 2.62. The molecule has 104 valence electrons. The molecule has 3 N–H and O–H groups in total. The molecule has 0 radical (unpaired) electrons. The SMILES string of the molecule is CC(C)C1(C(=O)Nc2ccc(O)c(Cl)c2)CCNC1. The van der Waals surface area contributed by atoms with Crippen molar-refractivity contribution in [2.24, 2.45) is 11.3 Å². The normalized spacial score (nSPS) is 22.7. The number of amides is 1. The highest BCUT2D eigenvalue weighted by Gasteiger charge is 2.43. The maximum Gasteiger partial charge on any atom is 0.232 e. The van der Waals surface area contributed by atoms with E-state index >= 15 is 0 Å². The third-order valence-corrected chi connectivity index (χ3v) is 4.25. The highest BCUT2D eigenvalue weighted by molar-refractivity contribution is 6.32. The minimum Gasteiger partial charge on any atom is -0.506 e. The summed E-state index contributed by atoms with van der Waals surface area (Å²) in [5.74, 6) is 0.283. The van der Waals surface area contributed by atoms with Gasteiger partial charge in [0.2, 0.25) is 5.91 Å². The van der Waals surface area contributed by atoms with Gasteiger partial charge in [-0.2, -0.15) is 0 Å². The Bertz CT molecular complexity index is 482. The lowest BCUT2D eigenvalue weighted by molar-refractivity contribution is -0.126. The van der Waals surface area contributed by atoms with Crippen molar-refractivity contribution in [1.82, 2.24) is 5.32 Å². The van der Waals surface area contributed by atoms with Crippen LogP contribution in [0.4, 0.5) is 5.69 Å². The standard InChI is InChI=1S/C14H19ClN2O2/c1-9(2)14(5-6-16-8-14)13(19)17-10-3-4-12(18)11(15)7-10/h3-4,7,9,16,18H,5-6,8H2,1-2H3,(H,17,19). The fraction of sp³-hybridized carbons (Fsp3) is 0.500. The van der Waals surface area contributed by atoms with Gasteiger partial charge in [-0.3, -0.25) is 4.79 Å². The number of hydrogen-bond donors (Lipinski definition) is 3. The van der Waals surface area contributed by atoms with E-state index in [1.165, 1.54) is 6.07 Å². The van der Waals surface area contributed by atoms with Crippen molar-refractivity contribution in [3.05, 3.63) is 23.2 Å². The second-order valence-electron chi connectivity index (χ2n) is 5.36. The van der Waals surface area contributed by atoms with Crippen LogP contribution in [0, 0.1) is 11.3 Å². The van der Waals surface area contributed by atoms with Gasteiger partial charge in [0, 0.05) is 12.2 Å². The molecular formula is C14H19ClN2O2. The Morgan fingerprint density at radius 2 is 2.26 bits per heavy atom. The molecule has 0 bridgehead atoms. The molecule has 0 saturated carbocycles. The number of benzene rings is 1. The molecule has 0 spiro atoms. The Balaban J connectivity index is 2.17. The van der Waals surface area contributed by atoms with E-state index in [2.05, 4.69) is 24.5 Å². The monoisotopic (exact) mass is 282 g/mol. The number of aromatic hydroxyl groups is 1. The molecule has 1 fully saturated rings. The summed E-state index contributed by atoms with van der Waals surface area (Å²) in [5, 5.41) is 15.8. The van der Waals surface area contributed by atoms with Crippen molar-refractivity contribution in [2.45, 2.75) is 20.3 Å². The van der Waals surface area contributed by atoms with Crippen LogP contribution >= 0.6 is 11.6 Å². The van der Waals surface area contributed by atoms with Crippen LogP contribution in [0.2, 0.25) is 5.02 Å². The predicted molar refractivity (Wildman–Crippen MR) is 76.5 cm³/mol. The van der Waals surface area contributed by atoms with Crippen LogP contribution in [0.5, 0.6) is 5.75 Å². The summed E-state index contributed by atoms with van der Waals surface area (Å²) in [7, 11) is 0. The minimum atomic E-state index is -0.371. The summed E-state index contributed by atoms with van der Waals surface area (Å²) in [6.07, 6.45) is 0.836. The molecule has 19 heavy (non-hydrogen) atoms. The average Bonchev–Trinajstić information content (AvgIpc) is 2.84. The van der Waals surface area contributed by atoms with Crippen LogP contribution in [0.3, 0.4) is 0 Å². The van der Waals surface area contributed by atoms with Crippen LogP contribution in [0.25, 0.3) is 0 Å². The molecule has 1 aliphatic rings. The van der Waals surface area contributed by atoms with E-state index in [9.17, 15) is 9.90 Å². The summed E-state index contributed by atoms with van der Waals surface area (Å²) in [6, 6.07) is 4.69. The molecular weight excluding hydrogens is 264 g/mol. The van der Waals surface area contributed by atoms with Gasteiger partial charge < -0.3 is 15.7 Å². The molecule has 1 saturated heterocycles. The molecule has 5 heteroatoms. The van der Waals surface area contributed by atoms with Gasteiger partial charge in [0.1, 0.15) is 5.75 Å². The zero-order valence-electron chi connectivity index (χ0n) is 11.2. The average molecular weight is 283 g/mol. The van der Waals surface area contributed by atoms with Crippen molar-refractivity contribution in [1.29, 1.82) is 0 Å². The highest BCUT2D eigenvalue weighted by Crippen LogP contribution is 2.36. The Morgan fingerprint density at radius 1 is 1.53 bits per heavy atom. The summed E-state index contributed by atoms with van der Waals surface area (Å²) >= 11 is 5.84. The van der Waals surface area contributed by atoms with Gasteiger partial charge >= 0.3 is 0 Å². The molecule has 1 amide bonds. The van der Waals surface area contributed by atoms with E-state index in [0.717, 1.165) is 13.0 Å². The van der Waals surface area contributed by atoms with Crippen LogP contribution in [-0.4, -0.2) is 24.1 Å². The number of carbonyl (C=O) groups excluding carboxylic acids is 1. The summed E-state index contributed by atoms with van der Waals surface area (Å²) in [6.45, 7) is 5.69. The quantitative estimate of drug-likeness (QED) is 0.747. The fourth-order valence-corrected chi connectivity index (χ4v) is 2.68. The molecule has 1 aromatic rings. The molecule has 4 nitrogen and oxygen atoms in total. The molecule has 0 aliphatic carbocycles. The van der Waals surface area contributed by atoms with E-state index in [4.69, 9.17) is 11.6 Å². The van der Waals surface area contributed by atoms with Crippen LogP contribution in [-0.2, 0) is 4.79 Å². The van der Waals surface area contributed by atoms with Gasteiger partial charge in [0.15, 0.2) is 0 Å². The minimum absolute atomic E-state index is 0.00857. The number of nitrogens with one attached hydrogen (secondary N) is 2. The first-order chi connectivity index (χ1) is 8.95. The summed E-state index contributed by atoms with van der Waals surface area (Å²) in [4.78, 5) is 12.5. The van der Waals surface area contributed by atoms with Gasteiger partial charge in [0.05, 0.1) is 10.4 Å². The lowest BCUT2D eigenvalue weighted by atomic mass is 9.75. The van der Waals surface area contributed by atoms with E-state index < -0.39 is 0 Å². The Hall–Kier alpha value is -1.26. The van der Waals surface area contributed by atoms with Crippen molar-refractivity contribution < 1.29 is 9.90 Å². The Kier molecular flexibility index (Phi) is 4.02. The van der Waals surface area contributed by atoms with E-state index in [1.807, 2.05) is 0 Å². The molecule has 1 atom stereocenters. The molecule has 1 heterocycles. The van der Waals surface area contributed by atoms with E-state index in [1.54, 1.807) is 12.1 Å². The summed E-state index contributed by atoms with van der Waals surface area (Å²) in [5.41, 5.74) is 0.240. The molecule has 2 rings (SSSR count). The van der Waals surface area contributed by atoms with Crippen molar-refractivity contribution >= 4 is 23.2 Å². The number of hydrogen-bond acceptors (Lipinski definition) is 3. The largest absolute Gasteiger partial charge is 0.506 e. The fourth-order valence-electron chi connectivity index (χ4n) is 2.50. The van der Waals surface area contributed by atoms with Gasteiger partial charge in [-0.1, -0.05) is 25.4 Å². The zero-order chi connectivity index (χ0) is 14.0. The molecule has 1 aliphatic heterocycles. The number of rotatable bonds is 3. The van der Waals surface area contributed by atoms with Crippen LogP contribution < -0.4 is 10.6 Å². The second-order valence-corrected chi connectivity index (χ2v) is 5.77. The lowest BCUT2D eigenvalue weighted by Gasteiger charge is -2.31. The number of phenolic OH excluding ortho intramolecular Hbond substituents is 1. The van der Waals surface area contributed by atoms with Gasteiger partial charge in [0.25, 0.3) is 0 Å². The van der Waals surface area contributed by atoms with Crippen LogP contribution in [0.1, 0.15) is 20.3 Å². The first-order valence-electron chi connectivity index (χ1n) is 6.46. The zero-order valence-corrected chi connectivity index (χ0v) is 11.9. The van der Waals surface area contributed by atoms with Crippen molar-refractivity contribution in [2.75, 3.05) is 18.4 Å². The highest BCUT2D eigenvalue weighted by atomic mass is 35.5. The Labute approximate surface area is 118 Å². The Morgan fingerprint density at radius 3 is 2.79 bits per heavy atom. The third-order valence-electron chi connectivity index (χ3n) is 3.95. The van der Waals surface area contributed by atoms with Gasteiger partial charge in [-0.15, -0.1) is 0 Å². The smallest absolute Gasteiger partial charge is 0.232 e. The third kappa shape index (κ3) is 2.69. The van der Waals surface area contributed by atoms with Gasteiger partial charge in [-0.25, -0.2) is 0 Å². The number of halogens is 1. The van der Waals surface area contributed by atoms with Crippen molar-refractivity contribution in [3.63, 3.8) is 0 Å². The van der Waals surface area contributed by atoms with Crippen molar-refractivity contribution in [3.8, 4) is 5.75 Å². The summed E-state index contributed by atoms with van der Waals surface area (Å²) < 4.78 is 0. The maximum atomic E-state index is 12.5. The van der Waals surface area contributed by atoms with Gasteiger partial charge in [-0.05, 0) is 37.1 Å². The first-order valence-corrected chi connectivity index (χ1v) is 6.84. The number of phenols is 1. The number of carbonyl (C=O) groups is 1. The molecule has 0 aromatic heterocycles. The van der Waals surface area contributed by atoms with E-state index in [-0.39, 0.29) is 28.0 Å². The maximum absolute atomic E-state index is 12.5. The first kappa shape index (κ1) is 14.2. The van der Waals surface area contributed by atoms with E-state index in [0.29, 0.717) is 12.2 Å². The lowest BCUT2D eigenvalue weighted by Crippen LogP contribution is -2.42. The molecule has 1 unspecified atom stereocenters.